The van der Waals surface area contributed by atoms with Crippen LogP contribution < -0.4 is 10.2 Å². The smallest absolute Gasteiger partial charge is 0.220 e. The molecule has 1 amide bonds. The van der Waals surface area contributed by atoms with Crippen molar-refractivity contribution in [3.8, 4) is 0 Å². The first-order valence-electron chi connectivity index (χ1n) is 12.9. The summed E-state index contributed by atoms with van der Waals surface area (Å²) >= 11 is 0. The molecule has 0 saturated heterocycles. The van der Waals surface area contributed by atoms with Gasteiger partial charge in [-0.3, -0.25) is 9.69 Å². The third kappa shape index (κ3) is 6.48. The van der Waals surface area contributed by atoms with Crippen LogP contribution in [-0.2, 0) is 30.7 Å². The highest BCUT2D eigenvalue weighted by molar-refractivity contribution is 5.76. The zero-order chi connectivity index (χ0) is 24.6. The molecule has 2 heterocycles. The minimum absolute atomic E-state index is 0.0436. The Morgan fingerprint density at radius 2 is 1.71 bits per heavy atom. The molecule has 35 heavy (non-hydrogen) atoms. The third-order valence-electron chi connectivity index (χ3n) is 6.87. The second-order valence-electron chi connectivity index (χ2n) is 9.27. The van der Waals surface area contributed by atoms with E-state index in [0.29, 0.717) is 6.42 Å². The Kier molecular flexibility index (Phi) is 8.53. The van der Waals surface area contributed by atoms with Crippen molar-refractivity contribution in [2.45, 2.75) is 59.2 Å². The number of benzene rings is 2. The lowest BCUT2D eigenvalue weighted by Gasteiger charge is -2.23. The topological polar surface area (TPSA) is 66.3 Å². The molecule has 0 saturated carbocycles. The first-order chi connectivity index (χ1) is 17.1. The predicted molar refractivity (Wildman–Crippen MR) is 140 cm³/mol. The molecule has 0 radical (unpaired) electrons. The number of amides is 1. The van der Waals surface area contributed by atoms with E-state index in [1.807, 2.05) is 25.1 Å². The van der Waals surface area contributed by atoms with Crippen LogP contribution in [-0.4, -0.2) is 51.8 Å². The molecule has 0 fully saturated rings. The minimum atomic E-state index is -0.168. The Bertz CT molecular complexity index is 1070. The molecule has 1 unspecified atom stereocenters. The number of nitrogens with zero attached hydrogens (tertiary/aromatic N) is 5. The summed E-state index contributed by atoms with van der Waals surface area (Å²) in [5.74, 6) is 1.89. The first-order valence-corrected chi connectivity index (χ1v) is 12.9. The summed E-state index contributed by atoms with van der Waals surface area (Å²) in [5.41, 5.74) is 3.79. The molecule has 1 aliphatic heterocycles. The van der Waals surface area contributed by atoms with E-state index in [2.05, 4.69) is 80.1 Å². The monoisotopic (exact) mass is 474 g/mol. The number of carbonyl (C=O) groups is 1. The molecule has 1 aromatic heterocycles. The molecule has 1 atom stereocenters. The van der Waals surface area contributed by atoms with E-state index in [9.17, 15) is 4.79 Å². The number of aryl methyl sites for hydroxylation is 1. The summed E-state index contributed by atoms with van der Waals surface area (Å²) in [6.45, 7) is 12.1. The van der Waals surface area contributed by atoms with Crippen LogP contribution in [0.2, 0.25) is 0 Å². The van der Waals surface area contributed by atoms with Crippen LogP contribution in [0.3, 0.4) is 0 Å². The Balaban J connectivity index is 1.31. The number of hydrogen-bond acceptors (Lipinski definition) is 5. The molecule has 3 aromatic rings. The van der Waals surface area contributed by atoms with Gasteiger partial charge in [0.05, 0.1) is 6.04 Å². The van der Waals surface area contributed by atoms with Gasteiger partial charge in [0.2, 0.25) is 5.91 Å². The zero-order valence-corrected chi connectivity index (χ0v) is 21.3. The van der Waals surface area contributed by atoms with Crippen molar-refractivity contribution in [1.82, 2.24) is 25.0 Å². The lowest BCUT2D eigenvalue weighted by Crippen LogP contribution is -2.30. The highest BCUT2D eigenvalue weighted by Crippen LogP contribution is 2.19. The van der Waals surface area contributed by atoms with Gasteiger partial charge in [0.1, 0.15) is 5.82 Å². The maximum Gasteiger partial charge on any atom is 0.220 e. The summed E-state index contributed by atoms with van der Waals surface area (Å²) in [5, 5.41) is 12.0. The van der Waals surface area contributed by atoms with Crippen molar-refractivity contribution in [3.05, 3.63) is 77.4 Å². The van der Waals surface area contributed by atoms with E-state index in [4.69, 9.17) is 0 Å². The molecular weight excluding hydrogens is 436 g/mol. The second-order valence-corrected chi connectivity index (χ2v) is 9.27. The molecule has 0 spiro atoms. The quantitative estimate of drug-likeness (QED) is 0.481. The summed E-state index contributed by atoms with van der Waals surface area (Å²) in [4.78, 5) is 17.4. The Morgan fingerprint density at radius 3 is 2.43 bits per heavy atom. The fourth-order valence-electron chi connectivity index (χ4n) is 4.81. The summed E-state index contributed by atoms with van der Waals surface area (Å²) in [6.07, 6.45) is 2.07. The van der Waals surface area contributed by atoms with Gasteiger partial charge < -0.3 is 14.8 Å². The SMILES string of the molecule is CCN(CC)c1ccc(CN2CCc3nnc(C(C)NC(=O)CCc4ccccc4)n3CC2)cc1. The number of carbonyl (C=O) groups excluding carboxylic acids is 1. The van der Waals surface area contributed by atoms with Crippen LogP contribution in [0.25, 0.3) is 0 Å². The molecule has 2 aromatic carbocycles. The normalized spacial score (nSPS) is 14.7. The Morgan fingerprint density at radius 1 is 0.971 bits per heavy atom. The van der Waals surface area contributed by atoms with Gasteiger partial charge in [-0.15, -0.1) is 10.2 Å². The Hall–Kier alpha value is -3.19. The summed E-state index contributed by atoms with van der Waals surface area (Å²) in [7, 11) is 0. The number of hydrogen-bond donors (Lipinski definition) is 1. The van der Waals surface area contributed by atoms with E-state index >= 15 is 0 Å². The molecule has 186 valence electrons. The molecule has 7 nitrogen and oxygen atoms in total. The molecule has 0 bridgehead atoms. The van der Waals surface area contributed by atoms with E-state index in [1.54, 1.807) is 0 Å². The fourth-order valence-corrected chi connectivity index (χ4v) is 4.81. The number of fused-ring (bicyclic) bond motifs is 1. The van der Waals surface area contributed by atoms with E-state index in [0.717, 1.165) is 63.8 Å². The molecule has 0 aliphatic carbocycles. The lowest BCUT2D eigenvalue weighted by atomic mass is 10.1. The van der Waals surface area contributed by atoms with Crippen LogP contribution in [0.15, 0.2) is 54.6 Å². The van der Waals surface area contributed by atoms with Crippen LogP contribution in [0, 0.1) is 0 Å². The maximum atomic E-state index is 12.5. The van der Waals surface area contributed by atoms with Crippen LogP contribution in [0.4, 0.5) is 5.69 Å². The van der Waals surface area contributed by atoms with Crippen molar-refractivity contribution in [3.63, 3.8) is 0 Å². The number of aromatic nitrogens is 3. The summed E-state index contributed by atoms with van der Waals surface area (Å²) < 4.78 is 2.20. The predicted octanol–water partition coefficient (Wildman–Crippen LogP) is 3.99. The number of rotatable bonds is 10. The van der Waals surface area contributed by atoms with Gasteiger partial charge in [-0.25, -0.2) is 0 Å². The van der Waals surface area contributed by atoms with E-state index < -0.39 is 0 Å². The number of anilines is 1. The maximum absolute atomic E-state index is 12.5. The van der Waals surface area contributed by atoms with Gasteiger partial charge in [0, 0.05) is 57.8 Å². The average molecular weight is 475 g/mol. The zero-order valence-electron chi connectivity index (χ0n) is 21.3. The molecule has 1 N–H and O–H groups in total. The van der Waals surface area contributed by atoms with Crippen molar-refractivity contribution in [2.75, 3.05) is 31.1 Å². The highest BCUT2D eigenvalue weighted by Gasteiger charge is 2.23. The van der Waals surface area contributed by atoms with Gasteiger partial charge in [-0.1, -0.05) is 42.5 Å². The molecule has 4 rings (SSSR count). The average Bonchev–Trinajstić information content (AvgIpc) is 3.19. The van der Waals surface area contributed by atoms with Gasteiger partial charge in [-0.2, -0.15) is 0 Å². The van der Waals surface area contributed by atoms with Gasteiger partial charge in [0.15, 0.2) is 5.82 Å². The van der Waals surface area contributed by atoms with Crippen molar-refractivity contribution in [1.29, 1.82) is 0 Å². The lowest BCUT2D eigenvalue weighted by molar-refractivity contribution is -0.121. The highest BCUT2D eigenvalue weighted by atomic mass is 16.1. The van der Waals surface area contributed by atoms with Gasteiger partial charge in [-0.05, 0) is 50.5 Å². The third-order valence-corrected chi connectivity index (χ3v) is 6.87. The Labute approximate surface area is 209 Å². The van der Waals surface area contributed by atoms with Crippen molar-refractivity contribution in [2.24, 2.45) is 0 Å². The van der Waals surface area contributed by atoms with Crippen LogP contribution in [0.5, 0.6) is 0 Å². The van der Waals surface area contributed by atoms with Gasteiger partial charge in [0.25, 0.3) is 0 Å². The van der Waals surface area contributed by atoms with E-state index in [1.165, 1.54) is 16.8 Å². The van der Waals surface area contributed by atoms with Crippen LogP contribution >= 0.6 is 0 Å². The summed E-state index contributed by atoms with van der Waals surface area (Å²) in [6, 6.07) is 18.9. The van der Waals surface area contributed by atoms with Crippen LogP contribution in [0.1, 0.15) is 56.0 Å². The molecule has 7 heteroatoms. The van der Waals surface area contributed by atoms with Crippen molar-refractivity contribution < 1.29 is 4.79 Å². The molecule has 1 aliphatic rings. The van der Waals surface area contributed by atoms with Crippen molar-refractivity contribution >= 4 is 11.6 Å². The first kappa shape index (κ1) is 24.9. The molecular formula is C28H38N6O. The standard InChI is InChI=1S/C28H38N6O/c1-4-33(5-2)25-14-11-24(12-15-25)21-32-18-17-26-30-31-28(34(26)20-19-32)22(3)29-27(35)16-13-23-9-7-6-8-10-23/h6-12,14-15,22H,4-5,13,16-21H2,1-3H3,(H,29,35). The number of nitrogens with one attached hydrogen (secondary N) is 1. The van der Waals surface area contributed by atoms with E-state index in [-0.39, 0.29) is 11.9 Å². The second kappa shape index (κ2) is 12.0. The van der Waals surface area contributed by atoms with Gasteiger partial charge >= 0.3 is 0 Å². The minimum Gasteiger partial charge on any atom is -0.372 e. The largest absolute Gasteiger partial charge is 0.372 e. The fraction of sp³-hybridized carbons (Fsp3) is 0.464.